The topological polar surface area (TPSA) is 38.9 Å². The molecule has 2 rings (SSSR count). The second kappa shape index (κ2) is 7.84. The predicted octanol–water partition coefficient (Wildman–Crippen LogP) is 4.66. The first-order valence-electron chi connectivity index (χ1n) is 6.19. The molecule has 0 saturated carbocycles. The highest BCUT2D eigenvalue weighted by atomic mass is 35.5. The molecular weight excluding hydrogens is 315 g/mol. The van der Waals surface area contributed by atoms with Gasteiger partial charge in [0.15, 0.2) is 0 Å². The standard InChI is InChI=1S/C15H16Cl2N2.ClH/c1-10(15-6-5-13(17)9-19-15)14(8-18)11-3-2-4-12(16)7-11;/h2-7,9-10,14H,8,18H2,1H3;1H. The molecule has 1 aromatic heterocycles. The van der Waals surface area contributed by atoms with Crippen LogP contribution >= 0.6 is 35.6 Å². The molecule has 0 aliphatic carbocycles. The zero-order valence-corrected chi connectivity index (χ0v) is 13.4. The van der Waals surface area contributed by atoms with E-state index in [2.05, 4.69) is 18.0 Å². The smallest absolute Gasteiger partial charge is 0.0589 e. The van der Waals surface area contributed by atoms with Crippen molar-refractivity contribution in [1.82, 2.24) is 4.98 Å². The number of hydrogen-bond acceptors (Lipinski definition) is 2. The number of hydrogen-bond donors (Lipinski definition) is 1. The molecule has 0 aliphatic rings. The van der Waals surface area contributed by atoms with E-state index >= 15 is 0 Å². The molecule has 2 aromatic rings. The van der Waals surface area contributed by atoms with Gasteiger partial charge in [-0.3, -0.25) is 4.98 Å². The summed E-state index contributed by atoms with van der Waals surface area (Å²) in [4.78, 5) is 4.37. The fraction of sp³-hybridized carbons (Fsp3) is 0.267. The van der Waals surface area contributed by atoms with Gasteiger partial charge in [-0.25, -0.2) is 0 Å². The average Bonchev–Trinajstić information content (AvgIpc) is 2.40. The Bertz CT molecular complexity index is 543. The summed E-state index contributed by atoms with van der Waals surface area (Å²) in [6.07, 6.45) is 1.67. The molecule has 0 aliphatic heterocycles. The molecule has 2 atom stereocenters. The third kappa shape index (κ3) is 4.10. The van der Waals surface area contributed by atoms with Crippen molar-refractivity contribution in [2.24, 2.45) is 5.73 Å². The molecule has 0 radical (unpaired) electrons. The van der Waals surface area contributed by atoms with Crippen LogP contribution in [0.4, 0.5) is 0 Å². The van der Waals surface area contributed by atoms with Crippen LogP contribution in [-0.4, -0.2) is 11.5 Å². The van der Waals surface area contributed by atoms with E-state index in [-0.39, 0.29) is 24.2 Å². The summed E-state index contributed by atoms with van der Waals surface area (Å²) < 4.78 is 0. The number of nitrogens with zero attached hydrogens (tertiary/aromatic N) is 1. The summed E-state index contributed by atoms with van der Waals surface area (Å²) >= 11 is 11.9. The maximum Gasteiger partial charge on any atom is 0.0589 e. The fourth-order valence-corrected chi connectivity index (χ4v) is 2.54. The molecule has 2 N–H and O–H groups in total. The summed E-state index contributed by atoms with van der Waals surface area (Å²) in [5.74, 6) is 0.396. The largest absolute Gasteiger partial charge is 0.330 e. The molecule has 1 aromatic carbocycles. The van der Waals surface area contributed by atoms with Gasteiger partial charge in [-0.15, -0.1) is 12.4 Å². The zero-order valence-electron chi connectivity index (χ0n) is 11.1. The minimum atomic E-state index is 0. The molecule has 5 heteroatoms. The Morgan fingerprint density at radius 3 is 2.45 bits per heavy atom. The van der Waals surface area contributed by atoms with Crippen molar-refractivity contribution in [3.05, 3.63) is 63.9 Å². The van der Waals surface area contributed by atoms with Crippen molar-refractivity contribution in [1.29, 1.82) is 0 Å². The number of rotatable bonds is 4. The fourth-order valence-electron chi connectivity index (χ4n) is 2.23. The summed E-state index contributed by atoms with van der Waals surface area (Å²) in [7, 11) is 0. The van der Waals surface area contributed by atoms with E-state index in [1.165, 1.54) is 0 Å². The Morgan fingerprint density at radius 1 is 1.15 bits per heavy atom. The summed E-state index contributed by atoms with van der Waals surface area (Å²) in [5, 5.41) is 1.37. The van der Waals surface area contributed by atoms with Gasteiger partial charge < -0.3 is 5.73 Å². The summed E-state index contributed by atoms with van der Waals surface area (Å²) in [5.41, 5.74) is 8.05. The highest BCUT2D eigenvalue weighted by Crippen LogP contribution is 2.32. The highest BCUT2D eigenvalue weighted by molar-refractivity contribution is 6.30. The lowest BCUT2D eigenvalue weighted by atomic mass is 9.85. The number of aromatic nitrogens is 1. The number of pyridine rings is 1. The third-order valence-electron chi connectivity index (χ3n) is 3.35. The van der Waals surface area contributed by atoms with Gasteiger partial charge in [-0.2, -0.15) is 0 Å². The van der Waals surface area contributed by atoms with E-state index in [0.29, 0.717) is 11.6 Å². The lowest BCUT2D eigenvalue weighted by Gasteiger charge is -2.22. The second-order valence-electron chi connectivity index (χ2n) is 4.59. The molecule has 0 amide bonds. The van der Waals surface area contributed by atoms with Gasteiger partial charge in [0.1, 0.15) is 0 Å². The van der Waals surface area contributed by atoms with Crippen LogP contribution in [0.15, 0.2) is 42.6 Å². The molecule has 2 unspecified atom stereocenters. The van der Waals surface area contributed by atoms with Gasteiger partial charge in [-0.1, -0.05) is 42.3 Å². The first-order chi connectivity index (χ1) is 9.11. The first-order valence-corrected chi connectivity index (χ1v) is 6.94. The van der Waals surface area contributed by atoms with Crippen LogP contribution in [0.3, 0.4) is 0 Å². The summed E-state index contributed by atoms with van der Waals surface area (Å²) in [6, 6.07) is 11.6. The van der Waals surface area contributed by atoms with Crippen LogP contribution in [0.2, 0.25) is 10.0 Å². The van der Waals surface area contributed by atoms with Crippen LogP contribution < -0.4 is 5.73 Å². The number of benzene rings is 1. The van der Waals surface area contributed by atoms with Gasteiger partial charge in [0.2, 0.25) is 0 Å². The molecule has 0 saturated heterocycles. The normalized spacial score (nSPS) is 13.4. The Morgan fingerprint density at radius 2 is 1.90 bits per heavy atom. The predicted molar refractivity (Wildman–Crippen MR) is 88.2 cm³/mol. The number of halogens is 3. The maximum absolute atomic E-state index is 6.04. The van der Waals surface area contributed by atoms with E-state index in [1.807, 2.05) is 30.3 Å². The molecular formula is C15H17Cl3N2. The first kappa shape index (κ1) is 17.3. The monoisotopic (exact) mass is 330 g/mol. The Kier molecular flexibility index (Phi) is 6.77. The second-order valence-corrected chi connectivity index (χ2v) is 5.46. The van der Waals surface area contributed by atoms with E-state index in [1.54, 1.807) is 6.20 Å². The van der Waals surface area contributed by atoms with Crippen molar-refractivity contribution in [2.75, 3.05) is 6.54 Å². The maximum atomic E-state index is 6.04. The summed E-state index contributed by atoms with van der Waals surface area (Å²) in [6.45, 7) is 2.67. The van der Waals surface area contributed by atoms with Crippen LogP contribution in [-0.2, 0) is 0 Å². The van der Waals surface area contributed by atoms with E-state index < -0.39 is 0 Å². The number of nitrogens with two attached hydrogens (primary N) is 1. The van der Waals surface area contributed by atoms with E-state index in [9.17, 15) is 0 Å². The van der Waals surface area contributed by atoms with Gasteiger partial charge in [-0.05, 0) is 36.4 Å². The molecule has 0 fully saturated rings. The Hall–Kier alpha value is -0.800. The van der Waals surface area contributed by atoms with Crippen molar-refractivity contribution >= 4 is 35.6 Å². The van der Waals surface area contributed by atoms with Gasteiger partial charge in [0.25, 0.3) is 0 Å². The van der Waals surface area contributed by atoms with Crippen molar-refractivity contribution in [3.8, 4) is 0 Å². The van der Waals surface area contributed by atoms with Gasteiger partial charge in [0.05, 0.1) is 5.02 Å². The molecule has 1 heterocycles. The minimum absolute atomic E-state index is 0. The van der Waals surface area contributed by atoms with Crippen LogP contribution in [0, 0.1) is 0 Å². The molecule has 0 spiro atoms. The lowest BCUT2D eigenvalue weighted by molar-refractivity contribution is 0.572. The Balaban J connectivity index is 0.00000200. The average molecular weight is 332 g/mol. The quantitative estimate of drug-likeness (QED) is 0.885. The van der Waals surface area contributed by atoms with Crippen LogP contribution in [0.1, 0.15) is 30.0 Å². The van der Waals surface area contributed by atoms with Crippen molar-refractivity contribution in [2.45, 2.75) is 18.8 Å². The minimum Gasteiger partial charge on any atom is -0.330 e. The van der Waals surface area contributed by atoms with Gasteiger partial charge >= 0.3 is 0 Å². The third-order valence-corrected chi connectivity index (χ3v) is 3.81. The van der Waals surface area contributed by atoms with Gasteiger partial charge in [0, 0.05) is 28.7 Å². The molecule has 20 heavy (non-hydrogen) atoms. The van der Waals surface area contributed by atoms with Crippen molar-refractivity contribution in [3.63, 3.8) is 0 Å². The zero-order chi connectivity index (χ0) is 13.8. The SMILES string of the molecule is CC(c1ccc(Cl)cn1)C(CN)c1cccc(Cl)c1.Cl. The highest BCUT2D eigenvalue weighted by Gasteiger charge is 2.20. The van der Waals surface area contributed by atoms with E-state index in [0.717, 1.165) is 16.3 Å². The van der Waals surface area contributed by atoms with Crippen molar-refractivity contribution < 1.29 is 0 Å². The van der Waals surface area contributed by atoms with Crippen LogP contribution in [0.25, 0.3) is 0 Å². The lowest BCUT2D eigenvalue weighted by Crippen LogP contribution is -2.19. The Labute approximate surface area is 135 Å². The van der Waals surface area contributed by atoms with Crippen LogP contribution in [0.5, 0.6) is 0 Å². The molecule has 108 valence electrons. The molecule has 2 nitrogen and oxygen atoms in total. The van der Waals surface area contributed by atoms with E-state index in [4.69, 9.17) is 28.9 Å². The molecule has 0 bridgehead atoms.